The lowest BCUT2D eigenvalue weighted by Gasteiger charge is -2.34. The SMILES string of the molecule is Cc1ccc(NC(=O)c2ccnc(C(F)(F)F)c2)cc1-c1cc(OCCO)cc(C2(C)CCOCC2)c1. The Morgan fingerprint density at radius 3 is 2.59 bits per heavy atom. The minimum Gasteiger partial charge on any atom is -0.491 e. The number of carbonyl (C=O) groups is 1. The molecule has 0 atom stereocenters. The predicted octanol–water partition coefficient (Wildman–Crippen LogP) is 5.77. The number of benzene rings is 2. The number of hydrogen-bond donors (Lipinski definition) is 2. The smallest absolute Gasteiger partial charge is 0.433 e. The van der Waals surface area contributed by atoms with Gasteiger partial charge in [0.25, 0.3) is 5.91 Å². The molecule has 2 N–H and O–H groups in total. The van der Waals surface area contributed by atoms with Crippen LogP contribution in [0.5, 0.6) is 5.75 Å². The van der Waals surface area contributed by atoms with Crippen LogP contribution in [0.15, 0.2) is 54.7 Å². The number of nitrogens with zero attached hydrogens (tertiary/aromatic N) is 1. The zero-order valence-electron chi connectivity index (χ0n) is 20.7. The third kappa shape index (κ3) is 6.29. The molecule has 1 fully saturated rings. The highest BCUT2D eigenvalue weighted by atomic mass is 19.4. The summed E-state index contributed by atoms with van der Waals surface area (Å²) in [6, 6.07) is 13.3. The Morgan fingerprint density at radius 2 is 1.89 bits per heavy atom. The summed E-state index contributed by atoms with van der Waals surface area (Å²) in [6.45, 7) is 5.51. The van der Waals surface area contributed by atoms with Crippen molar-refractivity contribution in [2.45, 2.75) is 38.3 Å². The van der Waals surface area contributed by atoms with Crippen molar-refractivity contribution in [2.75, 3.05) is 31.7 Å². The number of pyridine rings is 1. The van der Waals surface area contributed by atoms with Gasteiger partial charge in [-0.1, -0.05) is 19.1 Å². The maximum absolute atomic E-state index is 13.0. The third-order valence-corrected chi connectivity index (χ3v) is 6.68. The molecule has 37 heavy (non-hydrogen) atoms. The lowest BCUT2D eigenvalue weighted by atomic mass is 9.75. The van der Waals surface area contributed by atoms with Gasteiger partial charge in [0, 0.05) is 30.7 Å². The molecule has 1 aliphatic heterocycles. The summed E-state index contributed by atoms with van der Waals surface area (Å²) >= 11 is 0. The summed E-state index contributed by atoms with van der Waals surface area (Å²) in [5.41, 5.74) is 2.82. The van der Waals surface area contributed by atoms with Crippen molar-refractivity contribution < 1.29 is 32.5 Å². The van der Waals surface area contributed by atoms with E-state index in [4.69, 9.17) is 9.47 Å². The van der Waals surface area contributed by atoms with Crippen molar-refractivity contribution in [3.8, 4) is 16.9 Å². The minimum atomic E-state index is -4.64. The summed E-state index contributed by atoms with van der Waals surface area (Å²) < 4.78 is 50.4. The molecule has 0 unspecified atom stereocenters. The molecule has 9 heteroatoms. The fourth-order valence-electron chi connectivity index (χ4n) is 4.40. The number of aryl methyl sites for hydroxylation is 1. The highest BCUT2D eigenvalue weighted by molar-refractivity contribution is 6.04. The average Bonchev–Trinajstić information content (AvgIpc) is 2.88. The second kappa shape index (κ2) is 10.9. The van der Waals surface area contributed by atoms with Gasteiger partial charge in [0.2, 0.25) is 0 Å². The van der Waals surface area contributed by atoms with Gasteiger partial charge in [-0.05, 0) is 83.8 Å². The van der Waals surface area contributed by atoms with Crippen LogP contribution in [0.3, 0.4) is 0 Å². The van der Waals surface area contributed by atoms with E-state index < -0.39 is 17.8 Å². The first-order valence-corrected chi connectivity index (χ1v) is 12.0. The first kappa shape index (κ1) is 26.6. The molecule has 6 nitrogen and oxygen atoms in total. The number of ether oxygens (including phenoxy) is 2. The van der Waals surface area contributed by atoms with Crippen LogP contribution >= 0.6 is 0 Å². The van der Waals surface area contributed by atoms with Gasteiger partial charge >= 0.3 is 6.18 Å². The molecule has 0 spiro atoms. The maximum atomic E-state index is 13.0. The normalized spacial score (nSPS) is 15.3. The first-order chi connectivity index (χ1) is 17.6. The van der Waals surface area contributed by atoms with Crippen molar-refractivity contribution >= 4 is 11.6 Å². The van der Waals surface area contributed by atoms with Crippen molar-refractivity contribution in [3.63, 3.8) is 0 Å². The van der Waals surface area contributed by atoms with Crippen LogP contribution in [0.2, 0.25) is 0 Å². The number of nitrogens with one attached hydrogen (secondary N) is 1. The van der Waals surface area contributed by atoms with Gasteiger partial charge in [0.1, 0.15) is 18.1 Å². The summed E-state index contributed by atoms with van der Waals surface area (Å²) in [5.74, 6) is -0.0438. The number of carbonyl (C=O) groups excluding carboxylic acids is 1. The number of alkyl halides is 3. The van der Waals surface area contributed by atoms with Gasteiger partial charge < -0.3 is 19.9 Å². The molecule has 0 aliphatic carbocycles. The van der Waals surface area contributed by atoms with E-state index in [1.54, 1.807) is 12.1 Å². The fourth-order valence-corrected chi connectivity index (χ4v) is 4.40. The molecule has 1 aliphatic rings. The van der Waals surface area contributed by atoms with E-state index in [1.807, 2.05) is 25.1 Å². The molecule has 196 valence electrons. The average molecular weight is 515 g/mol. The van der Waals surface area contributed by atoms with Gasteiger partial charge in [-0.3, -0.25) is 9.78 Å². The van der Waals surface area contributed by atoms with E-state index in [-0.39, 0.29) is 24.2 Å². The van der Waals surface area contributed by atoms with E-state index in [0.29, 0.717) is 24.7 Å². The second-order valence-electron chi connectivity index (χ2n) is 9.40. The zero-order valence-corrected chi connectivity index (χ0v) is 20.7. The van der Waals surface area contributed by atoms with Gasteiger partial charge in [-0.15, -0.1) is 0 Å². The predicted molar refractivity (Wildman–Crippen MR) is 134 cm³/mol. The number of anilines is 1. The summed E-state index contributed by atoms with van der Waals surface area (Å²) in [5, 5.41) is 11.9. The van der Waals surface area contributed by atoms with Crippen LogP contribution in [0.4, 0.5) is 18.9 Å². The van der Waals surface area contributed by atoms with Gasteiger partial charge in [0.05, 0.1) is 6.61 Å². The highest BCUT2D eigenvalue weighted by Crippen LogP contribution is 2.39. The molecule has 0 radical (unpaired) electrons. The Balaban J connectivity index is 1.67. The van der Waals surface area contributed by atoms with Crippen LogP contribution in [0.25, 0.3) is 11.1 Å². The summed E-state index contributed by atoms with van der Waals surface area (Å²) in [4.78, 5) is 16.0. The molecule has 1 amide bonds. The van der Waals surface area contributed by atoms with E-state index in [1.165, 1.54) is 6.07 Å². The largest absolute Gasteiger partial charge is 0.491 e. The van der Waals surface area contributed by atoms with Crippen LogP contribution in [-0.2, 0) is 16.3 Å². The Hall–Kier alpha value is -3.43. The van der Waals surface area contributed by atoms with Crippen molar-refractivity contribution in [2.24, 2.45) is 0 Å². The molecule has 2 aromatic carbocycles. The molecule has 0 bridgehead atoms. The molecule has 0 saturated carbocycles. The van der Waals surface area contributed by atoms with Crippen LogP contribution in [-0.4, -0.2) is 42.4 Å². The molecule has 2 heterocycles. The molecular formula is C28H29F3N2O4. The number of rotatable bonds is 7. The Labute approximate surface area is 213 Å². The van der Waals surface area contributed by atoms with Crippen molar-refractivity contribution in [3.05, 3.63) is 77.1 Å². The monoisotopic (exact) mass is 514 g/mol. The van der Waals surface area contributed by atoms with Crippen LogP contribution in [0.1, 0.15) is 46.9 Å². The quantitative estimate of drug-likeness (QED) is 0.419. The van der Waals surface area contributed by atoms with Crippen molar-refractivity contribution in [1.29, 1.82) is 0 Å². The number of aliphatic hydroxyl groups is 1. The molecular weight excluding hydrogens is 485 g/mol. The third-order valence-electron chi connectivity index (χ3n) is 6.68. The Kier molecular flexibility index (Phi) is 7.85. The lowest BCUT2D eigenvalue weighted by molar-refractivity contribution is -0.141. The lowest BCUT2D eigenvalue weighted by Crippen LogP contribution is -2.30. The number of aromatic nitrogens is 1. The van der Waals surface area contributed by atoms with Crippen LogP contribution < -0.4 is 10.1 Å². The summed E-state index contributed by atoms with van der Waals surface area (Å²) in [7, 11) is 0. The zero-order chi connectivity index (χ0) is 26.6. The molecule has 4 rings (SSSR count). The molecule has 3 aromatic rings. The van der Waals surface area contributed by atoms with E-state index in [0.717, 1.165) is 47.4 Å². The van der Waals surface area contributed by atoms with Gasteiger partial charge in [-0.25, -0.2) is 0 Å². The Morgan fingerprint density at radius 1 is 1.14 bits per heavy atom. The molecule has 1 saturated heterocycles. The maximum Gasteiger partial charge on any atom is 0.433 e. The number of hydrogen-bond acceptors (Lipinski definition) is 5. The number of aliphatic hydroxyl groups excluding tert-OH is 1. The molecule has 1 aromatic heterocycles. The van der Waals surface area contributed by atoms with Gasteiger partial charge in [0.15, 0.2) is 0 Å². The Bertz CT molecular complexity index is 1270. The first-order valence-electron chi connectivity index (χ1n) is 12.0. The fraction of sp³-hybridized carbons (Fsp3) is 0.357. The highest BCUT2D eigenvalue weighted by Gasteiger charge is 2.33. The second-order valence-corrected chi connectivity index (χ2v) is 9.40. The summed E-state index contributed by atoms with van der Waals surface area (Å²) in [6.07, 6.45) is -1.96. The number of halogens is 3. The number of amides is 1. The minimum absolute atomic E-state index is 0.108. The van der Waals surface area contributed by atoms with E-state index >= 15 is 0 Å². The van der Waals surface area contributed by atoms with Gasteiger partial charge in [-0.2, -0.15) is 13.2 Å². The van der Waals surface area contributed by atoms with Crippen LogP contribution in [0, 0.1) is 6.92 Å². The van der Waals surface area contributed by atoms with Crippen molar-refractivity contribution in [1.82, 2.24) is 4.98 Å². The van der Waals surface area contributed by atoms with E-state index in [9.17, 15) is 23.1 Å². The van der Waals surface area contributed by atoms with E-state index in [2.05, 4.69) is 23.3 Å². The topological polar surface area (TPSA) is 80.7 Å². The standard InChI is InChI=1S/C28H29F3N2O4/c1-18-3-4-22(33-26(35)19-5-8-32-25(15-19)28(29,30)31)17-24(18)20-13-21(16-23(14-20)37-12-9-34)27(2)6-10-36-11-7-27/h3-5,8,13-17,34H,6-7,9-12H2,1-2H3,(H,33,35).